The topological polar surface area (TPSA) is 92.8 Å². The van der Waals surface area contributed by atoms with Gasteiger partial charge in [0.1, 0.15) is 12.2 Å². The van der Waals surface area contributed by atoms with Gasteiger partial charge in [0.05, 0.1) is 12.7 Å². The van der Waals surface area contributed by atoms with Gasteiger partial charge in [-0.2, -0.15) is 0 Å². The Kier molecular flexibility index (Phi) is 5.81. The van der Waals surface area contributed by atoms with Crippen molar-refractivity contribution in [3.05, 3.63) is 53.6 Å². The smallest absolute Gasteiger partial charge is 0.204 e. The van der Waals surface area contributed by atoms with Gasteiger partial charge in [0.15, 0.2) is 5.82 Å². The van der Waals surface area contributed by atoms with Crippen molar-refractivity contribution in [1.82, 2.24) is 35.2 Å². The maximum atomic E-state index is 5.54. The van der Waals surface area contributed by atoms with Crippen LogP contribution < -0.4 is 0 Å². The summed E-state index contributed by atoms with van der Waals surface area (Å²) in [6.07, 6.45) is 1.28. The standard InChI is InChI=1S/C16H21N7O2/c1-3-24-16(25-4-2)14-11-22(20-17-14)12-15-18-19-21-23(15)10-13-8-6-5-7-9-13/h5-9,11,16H,3-4,10,12H2,1-2H3. The SMILES string of the molecule is CCOC(OCC)c1cn(Cc2nnnn2Cc2ccccc2)nn1. The molecule has 3 rings (SSSR count). The van der Waals surface area contributed by atoms with Crippen molar-refractivity contribution in [3.8, 4) is 0 Å². The van der Waals surface area contributed by atoms with Crippen molar-refractivity contribution < 1.29 is 9.47 Å². The molecular formula is C16H21N7O2. The summed E-state index contributed by atoms with van der Waals surface area (Å²) < 4.78 is 14.5. The van der Waals surface area contributed by atoms with Crippen LogP contribution in [0.3, 0.4) is 0 Å². The van der Waals surface area contributed by atoms with E-state index in [4.69, 9.17) is 9.47 Å². The lowest BCUT2D eigenvalue weighted by atomic mass is 10.2. The van der Waals surface area contributed by atoms with Crippen molar-refractivity contribution >= 4 is 0 Å². The molecule has 0 aliphatic rings. The Labute approximate surface area is 145 Å². The van der Waals surface area contributed by atoms with Crippen molar-refractivity contribution in [2.24, 2.45) is 0 Å². The molecular weight excluding hydrogens is 322 g/mol. The van der Waals surface area contributed by atoms with E-state index in [1.54, 1.807) is 15.6 Å². The van der Waals surface area contributed by atoms with E-state index in [-0.39, 0.29) is 0 Å². The quantitative estimate of drug-likeness (QED) is 0.543. The molecule has 0 radical (unpaired) electrons. The molecule has 25 heavy (non-hydrogen) atoms. The molecule has 0 fully saturated rings. The normalized spacial score (nSPS) is 11.3. The predicted molar refractivity (Wildman–Crippen MR) is 88.5 cm³/mol. The van der Waals surface area contributed by atoms with Gasteiger partial charge >= 0.3 is 0 Å². The Hall–Kier alpha value is -2.65. The summed E-state index contributed by atoms with van der Waals surface area (Å²) in [6.45, 7) is 5.91. The van der Waals surface area contributed by atoms with E-state index in [1.807, 2.05) is 44.2 Å². The fraction of sp³-hybridized carbons (Fsp3) is 0.438. The molecule has 1 aromatic carbocycles. The summed E-state index contributed by atoms with van der Waals surface area (Å²) in [5.74, 6) is 0.699. The van der Waals surface area contributed by atoms with E-state index in [2.05, 4.69) is 25.8 Å². The molecule has 0 unspecified atom stereocenters. The largest absolute Gasteiger partial charge is 0.347 e. The third kappa shape index (κ3) is 4.46. The maximum absolute atomic E-state index is 5.54. The number of ether oxygens (including phenoxy) is 2. The average molecular weight is 343 g/mol. The van der Waals surface area contributed by atoms with Gasteiger partial charge in [-0.05, 0) is 29.8 Å². The summed E-state index contributed by atoms with van der Waals surface area (Å²) in [7, 11) is 0. The average Bonchev–Trinajstić information content (AvgIpc) is 3.26. The number of rotatable bonds is 9. The van der Waals surface area contributed by atoms with Gasteiger partial charge in [-0.1, -0.05) is 35.5 Å². The van der Waals surface area contributed by atoms with E-state index in [0.717, 1.165) is 5.56 Å². The first-order valence-corrected chi connectivity index (χ1v) is 8.22. The lowest BCUT2D eigenvalue weighted by Gasteiger charge is -2.13. The summed E-state index contributed by atoms with van der Waals surface area (Å²) in [4.78, 5) is 0. The zero-order chi connectivity index (χ0) is 17.5. The minimum atomic E-state index is -0.510. The van der Waals surface area contributed by atoms with Gasteiger partial charge in [-0.15, -0.1) is 10.2 Å². The van der Waals surface area contributed by atoms with Gasteiger partial charge in [0, 0.05) is 13.2 Å². The number of benzene rings is 1. The summed E-state index contributed by atoms with van der Waals surface area (Å²) in [6, 6.07) is 10.0. The molecule has 0 saturated heterocycles. The molecule has 2 aromatic heterocycles. The second-order valence-corrected chi connectivity index (χ2v) is 5.32. The van der Waals surface area contributed by atoms with Crippen molar-refractivity contribution in [2.45, 2.75) is 33.2 Å². The molecule has 2 heterocycles. The number of tetrazole rings is 1. The van der Waals surface area contributed by atoms with Gasteiger partial charge in [-0.3, -0.25) is 0 Å². The highest BCUT2D eigenvalue weighted by Gasteiger charge is 2.17. The highest BCUT2D eigenvalue weighted by Crippen LogP contribution is 2.16. The summed E-state index contributed by atoms with van der Waals surface area (Å²) in [5.41, 5.74) is 1.76. The minimum Gasteiger partial charge on any atom is -0.347 e. The first-order chi connectivity index (χ1) is 12.3. The molecule has 0 amide bonds. The molecule has 0 atom stereocenters. The van der Waals surface area contributed by atoms with Crippen LogP contribution in [0.4, 0.5) is 0 Å². The number of nitrogens with zero attached hydrogens (tertiary/aromatic N) is 7. The Bertz CT molecular complexity index is 766. The van der Waals surface area contributed by atoms with Crippen LogP contribution in [-0.4, -0.2) is 48.4 Å². The Morgan fingerprint density at radius 3 is 2.44 bits per heavy atom. The van der Waals surface area contributed by atoms with E-state index in [1.165, 1.54) is 0 Å². The van der Waals surface area contributed by atoms with Crippen molar-refractivity contribution in [1.29, 1.82) is 0 Å². The Morgan fingerprint density at radius 2 is 1.72 bits per heavy atom. The van der Waals surface area contributed by atoms with Crippen LogP contribution in [0.1, 0.15) is 37.2 Å². The molecule has 0 aliphatic heterocycles. The number of hydrogen-bond acceptors (Lipinski definition) is 7. The van der Waals surface area contributed by atoms with Crippen molar-refractivity contribution in [3.63, 3.8) is 0 Å². The third-order valence-corrected chi connectivity index (χ3v) is 3.52. The monoisotopic (exact) mass is 343 g/mol. The molecule has 132 valence electrons. The number of hydrogen-bond donors (Lipinski definition) is 0. The van der Waals surface area contributed by atoms with Gasteiger partial charge in [-0.25, -0.2) is 9.36 Å². The van der Waals surface area contributed by atoms with E-state index >= 15 is 0 Å². The Balaban J connectivity index is 1.70. The van der Waals surface area contributed by atoms with Crippen LogP contribution in [0, 0.1) is 0 Å². The Morgan fingerprint density at radius 1 is 0.960 bits per heavy atom. The highest BCUT2D eigenvalue weighted by atomic mass is 16.7. The van der Waals surface area contributed by atoms with Crippen LogP contribution in [-0.2, 0) is 22.6 Å². The van der Waals surface area contributed by atoms with Gasteiger partial charge in [0.2, 0.25) is 6.29 Å². The third-order valence-electron chi connectivity index (χ3n) is 3.52. The zero-order valence-electron chi connectivity index (χ0n) is 14.3. The second kappa shape index (κ2) is 8.45. The first-order valence-electron chi connectivity index (χ1n) is 8.22. The van der Waals surface area contributed by atoms with Crippen LogP contribution >= 0.6 is 0 Å². The molecule has 0 saturated carbocycles. The van der Waals surface area contributed by atoms with Gasteiger partial charge in [0.25, 0.3) is 0 Å². The molecule has 3 aromatic rings. The van der Waals surface area contributed by atoms with Crippen LogP contribution in [0.5, 0.6) is 0 Å². The highest BCUT2D eigenvalue weighted by molar-refractivity contribution is 5.15. The van der Waals surface area contributed by atoms with Crippen LogP contribution in [0.15, 0.2) is 36.5 Å². The molecule has 0 bridgehead atoms. The zero-order valence-corrected chi connectivity index (χ0v) is 14.3. The molecule has 9 nitrogen and oxygen atoms in total. The number of aromatic nitrogens is 7. The summed E-state index contributed by atoms with van der Waals surface area (Å²) in [5, 5.41) is 20.2. The molecule has 9 heteroatoms. The molecule has 0 spiro atoms. The van der Waals surface area contributed by atoms with Crippen molar-refractivity contribution in [2.75, 3.05) is 13.2 Å². The first kappa shape index (κ1) is 17.2. The van der Waals surface area contributed by atoms with Crippen LogP contribution in [0.25, 0.3) is 0 Å². The fourth-order valence-electron chi connectivity index (χ4n) is 2.38. The lowest BCUT2D eigenvalue weighted by molar-refractivity contribution is -0.142. The predicted octanol–water partition coefficient (Wildman–Crippen LogP) is 1.43. The lowest BCUT2D eigenvalue weighted by Crippen LogP contribution is -2.11. The molecule has 0 aliphatic carbocycles. The maximum Gasteiger partial charge on any atom is 0.204 e. The summed E-state index contributed by atoms with van der Waals surface area (Å²) >= 11 is 0. The molecule has 0 N–H and O–H groups in total. The minimum absolute atomic E-state index is 0.414. The van der Waals surface area contributed by atoms with Gasteiger partial charge < -0.3 is 9.47 Å². The van der Waals surface area contributed by atoms with E-state index in [9.17, 15) is 0 Å². The van der Waals surface area contributed by atoms with E-state index in [0.29, 0.717) is 37.8 Å². The fourth-order valence-corrected chi connectivity index (χ4v) is 2.38. The second-order valence-electron chi connectivity index (χ2n) is 5.32. The van der Waals surface area contributed by atoms with Crippen LogP contribution in [0.2, 0.25) is 0 Å². The van der Waals surface area contributed by atoms with E-state index < -0.39 is 6.29 Å².